The SMILES string of the molecule is COC1(OC)CCN(c2ccc(OC[C@H](O)CCn3cc([N+](=O)[O-])nc3Cl)cc2)CC1. The first kappa shape index (κ1) is 23.3. The molecule has 0 saturated carbocycles. The highest BCUT2D eigenvalue weighted by Gasteiger charge is 2.34. The summed E-state index contributed by atoms with van der Waals surface area (Å²) in [7, 11) is 3.35. The van der Waals surface area contributed by atoms with Gasteiger partial charge in [0.05, 0.1) is 6.10 Å². The largest absolute Gasteiger partial charge is 0.491 e. The van der Waals surface area contributed by atoms with E-state index in [4.69, 9.17) is 25.8 Å². The molecule has 1 fully saturated rings. The first-order chi connectivity index (χ1) is 14.9. The van der Waals surface area contributed by atoms with Gasteiger partial charge >= 0.3 is 11.1 Å². The van der Waals surface area contributed by atoms with Crippen LogP contribution in [-0.2, 0) is 16.0 Å². The van der Waals surface area contributed by atoms with Crippen molar-refractivity contribution in [2.75, 3.05) is 38.8 Å². The third kappa shape index (κ3) is 5.85. The second-order valence-corrected chi connectivity index (χ2v) is 7.71. The van der Waals surface area contributed by atoms with E-state index >= 15 is 0 Å². The van der Waals surface area contributed by atoms with E-state index in [0.717, 1.165) is 31.6 Å². The standard InChI is InChI=1S/C20H27ClN4O6/c1-29-20(30-2)8-11-23(12-9-20)15-3-5-17(6-4-15)31-14-16(26)7-10-24-13-18(25(27)28)22-19(24)21/h3-6,13,16,26H,7-12,14H2,1-2H3/t16-/m1/s1. The predicted molar refractivity (Wildman–Crippen MR) is 115 cm³/mol. The number of methoxy groups -OCH3 is 2. The Bertz CT molecular complexity index is 861. The summed E-state index contributed by atoms with van der Waals surface area (Å²) >= 11 is 5.87. The molecule has 2 aromatic rings. The Kier molecular flexibility index (Phi) is 7.71. The van der Waals surface area contributed by atoms with Crippen LogP contribution in [0.4, 0.5) is 11.5 Å². The van der Waals surface area contributed by atoms with Gasteiger partial charge in [0.1, 0.15) is 18.6 Å². The van der Waals surface area contributed by atoms with Crippen LogP contribution in [0.3, 0.4) is 0 Å². The van der Waals surface area contributed by atoms with E-state index in [1.807, 2.05) is 24.3 Å². The number of nitro groups is 1. The number of hydrogen-bond donors (Lipinski definition) is 1. The topological polar surface area (TPSA) is 112 Å². The highest BCUT2D eigenvalue weighted by molar-refractivity contribution is 6.28. The lowest BCUT2D eigenvalue weighted by Crippen LogP contribution is -2.46. The zero-order valence-electron chi connectivity index (χ0n) is 17.6. The van der Waals surface area contributed by atoms with Crippen molar-refractivity contribution in [1.82, 2.24) is 9.55 Å². The number of rotatable bonds is 10. The number of aromatic nitrogens is 2. The lowest BCUT2D eigenvalue weighted by atomic mass is 10.0. The molecule has 3 rings (SSSR count). The highest BCUT2D eigenvalue weighted by Crippen LogP contribution is 2.30. The number of aliphatic hydroxyl groups is 1. The molecule has 1 aromatic carbocycles. The van der Waals surface area contributed by atoms with E-state index in [2.05, 4.69) is 9.88 Å². The predicted octanol–water partition coefficient (Wildman–Crippen LogP) is 2.86. The maximum atomic E-state index is 10.7. The molecule has 0 spiro atoms. The van der Waals surface area contributed by atoms with Crippen LogP contribution in [0.2, 0.25) is 5.28 Å². The van der Waals surface area contributed by atoms with Gasteiger partial charge in [-0.1, -0.05) is 0 Å². The Balaban J connectivity index is 1.44. The Hall–Kier alpha value is -2.40. The van der Waals surface area contributed by atoms with Gasteiger partial charge in [-0.05, 0) is 52.2 Å². The molecule has 0 aliphatic carbocycles. The van der Waals surface area contributed by atoms with Crippen LogP contribution >= 0.6 is 11.6 Å². The molecule has 170 valence electrons. The molecule has 1 atom stereocenters. The molecule has 0 radical (unpaired) electrons. The van der Waals surface area contributed by atoms with Crippen molar-refractivity contribution >= 4 is 23.1 Å². The normalized spacial score (nSPS) is 16.8. The maximum Gasteiger partial charge on any atom is 0.383 e. The molecule has 31 heavy (non-hydrogen) atoms. The number of ether oxygens (including phenoxy) is 3. The average molecular weight is 455 g/mol. The summed E-state index contributed by atoms with van der Waals surface area (Å²) in [6, 6.07) is 7.71. The molecule has 1 N–H and O–H groups in total. The molecule has 1 saturated heterocycles. The smallest absolute Gasteiger partial charge is 0.383 e. The van der Waals surface area contributed by atoms with Crippen LogP contribution in [0.5, 0.6) is 5.75 Å². The second-order valence-electron chi connectivity index (χ2n) is 7.37. The van der Waals surface area contributed by atoms with Crippen molar-refractivity contribution in [3.63, 3.8) is 0 Å². The molecular formula is C20H27ClN4O6. The van der Waals surface area contributed by atoms with Gasteiger partial charge in [-0.3, -0.25) is 4.57 Å². The van der Waals surface area contributed by atoms with E-state index < -0.39 is 16.8 Å². The zero-order valence-corrected chi connectivity index (χ0v) is 18.3. The monoisotopic (exact) mass is 454 g/mol. The first-order valence-corrected chi connectivity index (χ1v) is 10.4. The van der Waals surface area contributed by atoms with Crippen molar-refractivity contribution < 1.29 is 24.2 Å². The minimum absolute atomic E-state index is 0.0151. The summed E-state index contributed by atoms with van der Waals surface area (Å²) in [5.41, 5.74) is 1.09. The number of benzene rings is 1. The maximum absolute atomic E-state index is 10.7. The molecule has 10 nitrogen and oxygen atoms in total. The number of halogens is 1. The fraction of sp³-hybridized carbons (Fsp3) is 0.550. The Morgan fingerprint density at radius 2 is 1.90 bits per heavy atom. The van der Waals surface area contributed by atoms with Gasteiger partial charge < -0.3 is 34.3 Å². The van der Waals surface area contributed by atoms with Crippen LogP contribution in [-0.4, -0.2) is 65.4 Å². The second kappa shape index (κ2) is 10.3. The lowest BCUT2D eigenvalue weighted by molar-refractivity contribution is -0.389. The Morgan fingerprint density at radius 3 is 2.45 bits per heavy atom. The number of hydrogen-bond acceptors (Lipinski definition) is 8. The van der Waals surface area contributed by atoms with E-state index in [1.165, 1.54) is 10.8 Å². The first-order valence-electron chi connectivity index (χ1n) is 9.99. The summed E-state index contributed by atoms with van der Waals surface area (Å²) in [5, 5.41) is 20.9. The quantitative estimate of drug-likeness (QED) is 0.331. The molecule has 1 aliphatic rings. The Labute approximate surface area is 185 Å². The number of aliphatic hydroxyl groups excluding tert-OH is 1. The number of imidazole rings is 1. The summed E-state index contributed by atoms with van der Waals surface area (Å²) in [6.45, 7) is 2.05. The van der Waals surface area contributed by atoms with Crippen molar-refractivity contribution in [3.8, 4) is 5.75 Å². The minimum atomic E-state index is -0.754. The van der Waals surface area contributed by atoms with Crippen LogP contribution < -0.4 is 9.64 Å². The van der Waals surface area contributed by atoms with Gasteiger partial charge in [0.15, 0.2) is 5.79 Å². The molecule has 1 aromatic heterocycles. The molecule has 0 unspecified atom stereocenters. The Morgan fingerprint density at radius 1 is 1.26 bits per heavy atom. The molecule has 0 bridgehead atoms. The van der Waals surface area contributed by atoms with Gasteiger partial charge in [0, 0.05) is 52.4 Å². The summed E-state index contributed by atoms with van der Waals surface area (Å²) in [5.74, 6) is -0.166. The van der Waals surface area contributed by atoms with Gasteiger partial charge in [0.25, 0.3) is 0 Å². The molecule has 1 aliphatic heterocycles. The fourth-order valence-electron chi connectivity index (χ4n) is 3.54. The van der Waals surface area contributed by atoms with Crippen LogP contribution in [0.25, 0.3) is 0 Å². The third-order valence-electron chi connectivity index (χ3n) is 5.52. The van der Waals surface area contributed by atoms with E-state index in [1.54, 1.807) is 14.2 Å². The number of piperidine rings is 1. The molecule has 0 amide bonds. The van der Waals surface area contributed by atoms with Gasteiger partial charge in [-0.25, -0.2) is 0 Å². The summed E-state index contributed by atoms with van der Waals surface area (Å²) in [6.07, 6.45) is 2.39. The average Bonchev–Trinajstić information content (AvgIpc) is 3.17. The van der Waals surface area contributed by atoms with Crippen LogP contribution in [0.1, 0.15) is 19.3 Å². The number of anilines is 1. The van der Waals surface area contributed by atoms with Crippen molar-refractivity contribution in [3.05, 3.63) is 45.9 Å². The van der Waals surface area contributed by atoms with E-state index in [0.29, 0.717) is 18.7 Å². The molecule has 11 heteroatoms. The van der Waals surface area contributed by atoms with Crippen molar-refractivity contribution in [2.45, 2.75) is 37.7 Å². The summed E-state index contributed by atoms with van der Waals surface area (Å²) in [4.78, 5) is 16.0. The van der Waals surface area contributed by atoms with Crippen LogP contribution in [0.15, 0.2) is 30.5 Å². The third-order valence-corrected chi connectivity index (χ3v) is 5.82. The summed E-state index contributed by atoms with van der Waals surface area (Å²) < 4.78 is 18.1. The van der Waals surface area contributed by atoms with Gasteiger partial charge in [-0.15, -0.1) is 0 Å². The highest BCUT2D eigenvalue weighted by atomic mass is 35.5. The lowest BCUT2D eigenvalue weighted by Gasteiger charge is -2.40. The number of aryl methyl sites for hydroxylation is 1. The van der Waals surface area contributed by atoms with Crippen molar-refractivity contribution in [2.24, 2.45) is 0 Å². The fourth-order valence-corrected chi connectivity index (χ4v) is 3.76. The van der Waals surface area contributed by atoms with Crippen molar-refractivity contribution in [1.29, 1.82) is 0 Å². The van der Waals surface area contributed by atoms with Crippen LogP contribution in [0, 0.1) is 10.1 Å². The molecular weight excluding hydrogens is 428 g/mol. The van der Waals surface area contributed by atoms with Gasteiger partial charge in [0.2, 0.25) is 0 Å². The van der Waals surface area contributed by atoms with E-state index in [-0.39, 0.29) is 17.7 Å². The van der Waals surface area contributed by atoms with Gasteiger partial charge in [-0.2, -0.15) is 0 Å². The number of nitrogens with zero attached hydrogens (tertiary/aromatic N) is 4. The minimum Gasteiger partial charge on any atom is -0.491 e. The van der Waals surface area contributed by atoms with E-state index in [9.17, 15) is 15.2 Å². The molecule has 2 heterocycles. The zero-order chi connectivity index (χ0) is 22.4.